The number of tetrazole rings is 1. The van der Waals surface area contributed by atoms with Crippen molar-refractivity contribution in [1.82, 2.24) is 25.2 Å². The summed E-state index contributed by atoms with van der Waals surface area (Å²) in [6, 6.07) is 4.85. The van der Waals surface area contributed by atoms with Crippen molar-refractivity contribution in [1.29, 1.82) is 0 Å². The Morgan fingerprint density at radius 2 is 2.26 bits per heavy atom. The van der Waals surface area contributed by atoms with E-state index < -0.39 is 5.82 Å². The molecule has 8 heteroatoms. The molecule has 3 aromatic rings. The zero-order valence-corrected chi connectivity index (χ0v) is 10.7. The molecular weight excluding hydrogens is 267 g/mol. The van der Waals surface area contributed by atoms with Crippen molar-refractivity contribution >= 4 is 28.4 Å². The summed E-state index contributed by atoms with van der Waals surface area (Å²) >= 11 is 1.12. The van der Waals surface area contributed by atoms with Crippen molar-refractivity contribution in [2.75, 3.05) is 5.73 Å². The van der Waals surface area contributed by atoms with Crippen LogP contribution in [0.25, 0.3) is 10.9 Å². The number of nitrogens with zero attached hydrogens (tertiary/aromatic N) is 5. The minimum absolute atomic E-state index is 0.362. The lowest BCUT2D eigenvalue weighted by Gasteiger charge is -2.08. The van der Waals surface area contributed by atoms with Crippen LogP contribution in [-0.2, 0) is 7.05 Å². The van der Waals surface area contributed by atoms with E-state index in [9.17, 15) is 4.39 Å². The number of fused-ring (bicyclic) bond motifs is 1. The van der Waals surface area contributed by atoms with Gasteiger partial charge in [-0.3, -0.25) is 4.98 Å². The van der Waals surface area contributed by atoms with Gasteiger partial charge in [0.05, 0.1) is 10.4 Å². The van der Waals surface area contributed by atoms with E-state index in [0.29, 0.717) is 26.6 Å². The second-order valence-electron chi connectivity index (χ2n) is 3.86. The number of anilines is 1. The molecule has 0 fully saturated rings. The Bertz CT molecular complexity index is 756. The number of pyridine rings is 1. The van der Waals surface area contributed by atoms with Crippen molar-refractivity contribution in [2.45, 2.75) is 10.1 Å². The van der Waals surface area contributed by atoms with Gasteiger partial charge in [0, 0.05) is 24.3 Å². The minimum atomic E-state index is -0.434. The Hall–Kier alpha value is -2.22. The van der Waals surface area contributed by atoms with Gasteiger partial charge in [0.2, 0.25) is 5.16 Å². The lowest BCUT2D eigenvalue weighted by molar-refractivity contribution is 0.604. The number of hydrogen-bond acceptors (Lipinski definition) is 6. The highest BCUT2D eigenvalue weighted by molar-refractivity contribution is 7.99. The Morgan fingerprint density at radius 3 is 3.00 bits per heavy atom. The zero-order chi connectivity index (χ0) is 13.4. The topological polar surface area (TPSA) is 82.5 Å². The van der Waals surface area contributed by atoms with Crippen LogP contribution >= 0.6 is 11.8 Å². The maximum atomic E-state index is 14.1. The lowest BCUT2D eigenvalue weighted by Crippen LogP contribution is -1.97. The second kappa shape index (κ2) is 4.47. The molecule has 2 heterocycles. The molecule has 6 nitrogen and oxygen atoms in total. The summed E-state index contributed by atoms with van der Waals surface area (Å²) in [6.07, 6.45) is 1.60. The largest absolute Gasteiger partial charge is 0.398 e. The summed E-state index contributed by atoms with van der Waals surface area (Å²) in [5, 5.41) is 12.2. The van der Waals surface area contributed by atoms with E-state index in [2.05, 4.69) is 20.5 Å². The SMILES string of the molecule is Cn1nnnc1Sc1c(F)cc(N)c2cccnc12. The second-order valence-corrected chi connectivity index (χ2v) is 4.84. The molecule has 0 saturated heterocycles. The predicted molar refractivity (Wildman–Crippen MR) is 69.0 cm³/mol. The van der Waals surface area contributed by atoms with Gasteiger partial charge < -0.3 is 5.73 Å². The van der Waals surface area contributed by atoms with Gasteiger partial charge in [-0.1, -0.05) is 0 Å². The Labute approximate surface area is 111 Å². The van der Waals surface area contributed by atoms with Crippen LogP contribution in [0.3, 0.4) is 0 Å². The number of aromatic nitrogens is 5. The third-order valence-corrected chi connectivity index (χ3v) is 3.73. The van der Waals surface area contributed by atoms with Gasteiger partial charge in [0.15, 0.2) is 0 Å². The van der Waals surface area contributed by atoms with E-state index in [4.69, 9.17) is 5.73 Å². The first-order valence-corrected chi connectivity index (χ1v) is 6.21. The highest BCUT2D eigenvalue weighted by atomic mass is 32.2. The number of nitrogens with two attached hydrogens (primary N) is 1. The molecule has 0 radical (unpaired) electrons. The van der Waals surface area contributed by atoms with Gasteiger partial charge in [0.25, 0.3) is 0 Å². The van der Waals surface area contributed by atoms with E-state index in [1.165, 1.54) is 10.7 Å². The molecule has 2 N–H and O–H groups in total. The Balaban J connectivity index is 2.20. The van der Waals surface area contributed by atoms with Crippen molar-refractivity contribution in [3.05, 3.63) is 30.2 Å². The first kappa shape index (κ1) is 11.8. The number of nitrogen functional groups attached to an aromatic ring is 1. The van der Waals surface area contributed by atoms with Crippen LogP contribution in [0.1, 0.15) is 0 Å². The van der Waals surface area contributed by atoms with Crippen LogP contribution in [0.2, 0.25) is 0 Å². The van der Waals surface area contributed by atoms with Crippen LogP contribution in [0.4, 0.5) is 10.1 Å². The number of benzene rings is 1. The van der Waals surface area contributed by atoms with Crippen LogP contribution in [0.5, 0.6) is 0 Å². The third-order valence-electron chi connectivity index (χ3n) is 2.61. The molecule has 0 aliphatic heterocycles. The van der Waals surface area contributed by atoms with Gasteiger partial charge in [0.1, 0.15) is 5.82 Å². The summed E-state index contributed by atoms with van der Waals surface area (Å²) in [5.74, 6) is -0.434. The number of hydrogen-bond donors (Lipinski definition) is 1. The molecule has 0 aliphatic rings. The molecule has 96 valence electrons. The van der Waals surface area contributed by atoms with Crippen LogP contribution in [0.15, 0.2) is 34.4 Å². The van der Waals surface area contributed by atoms with Crippen LogP contribution in [0, 0.1) is 5.82 Å². The van der Waals surface area contributed by atoms with Crippen LogP contribution < -0.4 is 5.73 Å². The molecular formula is C11H9FN6S. The van der Waals surface area contributed by atoms with Gasteiger partial charge in [-0.25, -0.2) is 9.07 Å². The van der Waals surface area contributed by atoms with Gasteiger partial charge in [-0.05, 0) is 40.4 Å². The average Bonchev–Trinajstić information content (AvgIpc) is 2.80. The molecule has 1 aromatic carbocycles. The normalized spacial score (nSPS) is 11.1. The maximum absolute atomic E-state index is 14.1. The predicted octanol–water partition coefficient (Wildman–Crippen LogP) is 1.63. The molecule has 0 amide bonds. The average molecular weight is 276 g/mol. The first-order valence-electron chi connectivity index (χ1n) is 5.39. The summed E-state index contributed by atoms with van der Waals surface area (Å²) in [5.41, 5.74) is 6.66. The molecule has 0 aliphatic carbocycles. The Kier molecular flexibility index (Phi) is 2.79. The fourth-order valence-corrected chi connectivity index (χ4v) is 2.55. The standard InChI is InChI=1S/C11H9FN6S/c1-18-11(15-16-17-18)19-10-7(12)5-8(13)6-3-2-4-14-9(6)10/h2-5H,13H2,1H3. The quantitative estimate of drug-likeness (QED) is 0.716. The Morgan fingerprint density at radius 1 is 1.42 bits per heavy atom. The van der Waals surface area contributed by atoms with E-state index in [1.54, 1.807) is 25.4 Å². The monoisotopic (exact) mass is 276 g/mol. The summed E-state index contributed by atoms with van der Waals surface area (Å²) < 4.78 is 15.6. The van der Waals surface area contributed by atoms with Crippen molar-refractivity contribution in [3.8, 4) is 0 Å². The summed E-state index contributed by atoms with van der Waals surface area (Å²) in [4.78, 5) is 4.56. The molecule has 0 atom stereocenters. The zero-order valence-electron chi connectivity index (χ0n) is 9.91. The third kappa shape index (κ3) is 1.99. The van der Waals surface area contributed by atoms with Crippen molar-refractivity contribution < 1.29 is 4.39 Å². The van der Waals surface area contributed by atoms with E-state index in [0.717, 1.165) is 11.8 Å². The van der Waals surface area contributed by atoms with E-state index in [-0.39, 0.29) is 0 Å². The van der Waals surface area contributed by atoms with Crippen LogP contribution in [-0.4, -0.2) is 25.2 Å². The molecule has 0 saturated carbocycles. The first-order chi connectivity index (χ1) is 9.16. The van der Waals surface area contributed by atoms with E-state index >= 15 is 0 Å². The molecule has 19 heavy (non-hydrogen) atoms. The molecule has 0 unspecified atom stereocenters. The smallest absolute Gasteiger partial charge is 0.214 e. The maximum Gasteiger partial charge on any atom is 0.214 e. The highest BCUT2D eigenvalue weighted by Crippen LogP contribution is 2.35. The van der Waals surface area contributed by atoms with Gasteiger partial charge in [-0.15, -0.1) is 5.10 Å². The van der Waals surface area contributed by atoms with Crippen molar-refractivity contribution in [2.24, 2.45) is 7.05 Å². The fraction of sp³-hybridized carbons (Fsp3) is 0.0909. The highest BCUT2D eigenvalue weighted by Gasteiger charge is 2.15. The molecule has 0 spiro atoms. The molecule has 2 aromatic heterocycles. The van der Waals surface area contributed by atoms with E-state index in [1.807, 2.05) is 0 Å². The number of aryl methyl sites for hydroxylation is 1. The lowest BCUT2D eigenvalue weighted by atomic mass is 10.2. The molecule has 0 bridgehead atoms. The summed E-state index contributed by atoms with van der Waals surface area (Å²) in [6.45, 7) is 0. The number of rotatable bonds is 2. The summed E-state index contributed by atoms with van der Waals surface area (Å²) in [7, 11) is 1.69. The van der Waals surface area contributed by atoms with Gasteiger partial charge in [-0.2, -0.15) is 0 Å². The van der Waals surface area contributed by atoms with Gasteiger partial charge >= 0.3 is 0 Å². The van der Waals surface area contributed by atoms with Crippen molar-refractivity contribution in [3.63, 3.8) is 0 Å². The fourth-order valence-electron chi connectivity index (χ4n) is 1.71. The number of halogens is 1. The minimum Gasteiger partial charge on any atom is -0.398 e. The molecule has 3 rings (SSSR count).